The van der Waals surface area contributed by atoms with Crippen molar-refractivity contribution < 1.29 is 13.9 Å². The van der Waals surface area contributed by atoms with Crippen molar-refractivity contribution in [2.45, 2.75) is 32.1 Å². The normalized spacial score (nSPS) is 11.7. The number of halogens is 2. The Morgan fingerprint density at radius 1 is 1.20 bits per heavy atom. The van der Waals surface area contributed by atoms with E-state index in [0.717, 1.165) is 18.4 Å². The molecule has 1 aromatic rings. The van der Waals surface area contributed by atoms with E-state index in [2.05, 4.69) is 0 Å². The molecule has 0 spiro atoms. The zero-order chi connectivity index (χ0) is 11.3. The van der Waals surface area contributed by atoms with Crippen molar-refractivity contribution in [3.05, 3.63) is 35.4 Å². The second-order valence-corrected chi connectivity index (χ2v) is 3.62. The molecule has 1 rings (SSSR count). The van der Waals surface area contributed by atoms with Crippen molar-refractivity contribution in [2.75, 3.05) is 6.61 Å². The van der Waals surface area contributed by atoms with Crippen LogP contribution < -0.4 is 0 Å². The number of alkyl halides is 2. The first kappa shape index (κ1) is 12.1. The van der Waals surface area contributed by atoms with Gasteiger partial charge in [0, 0.05) is 18.6 Å². The molecule has 0 saturated carbocycles. The van der Waals surface area contributed by atoms with Gasteiger partial charge in [-0.1, -0.05) is 37.6 Å². The number of benzene rings is 1. The molecule has 15 heavy (non-hydrogen) atoms. The fourth-order valence-corrected chi connectivity index (χ4v) is 1.49. The highest BCUT2D eigenvalue weighted by Gasteiger charge is 2.30. The third-order valence-corrected chi connectivity index (χ3v) is 2.34. The van der Waals surface area contributed by atoms with Crippen LogP contribution in [0.5, 0.6) is 0 Å². The maximum Gasteiger partial charge on any atom is 0.275 e. The van der Waals surface area contributed by atoms with E-state index < -0.39 is 19.0 Å². The molecule has 0 atom stereocenters. The lowest BCUT2D eigenvalue weighted by Gasteiger charge is -2.15. The van der Waals surface area contributed by atoms with Crippen LogP contribution in [-0.4, -0.2) is 11.7 Å². The van der Waals surface area contributed by atoms with Gasteiger partial charge in [0.1, 0.15) is 0 Å². The molecule has 0 fully saturated rings. The van der Waals surface area contributed by atoms with E-state index in [4.69, 9.17) is 5.11 Å². The highest BCUT2D eigenvalue weighted by molar-refractivity contribution is 5.25. The van der Waals surface area contributed by atoms with Crippen LogP contribution in [0, 0.1) is 0 Å². The Kier molecular flexibility index (Phi) is 4.21. The number of rotatable bonds is 5. The smallest absolute Gasteiger partial charge is 0.275 e. The van der Waals surface area contributed by atoms with Crippen LogP contribution in [0.1, 0.15) is 30.9 Å². The largest absolute Gasteiger partial charge is 0.396 e. The fourth-order valence-electron chi connectivity index (χ4n) is 1.49. The molecule has 0 aliphatic heterocycles. The first-order valence-electron chi connectivity index (χ1n) is 5.18. The summed E-state index contributed by atoms with van der Waals surface area (Å²) in [5.41, 5.74) is 1.05. The monoisotopic (exact) mass is 214 g/mol. The van der Waals surface area contributed by atoms with E-state index in [9.17, 15) is 8.78 Å². The molecule has 0 aliphatic rings. The van der Waals surface area contributed by atoms with Gasteiger partial charge in [-0.05, 0) is 12.0 Å². The molecule has 3 heteroatoms. The molecule has 0 aliphatic carbocycles. The Balaban J connectivity index is 2.78. The van der Waals surface area contributed by atoms with Crippen molar-refractivity contribution in [3.8, 4) is 0 Å². The topological polar surface area (TPSA) is 20.2 Å². The summed E-state index contributed by atoms with van der Waals surface area (Å²) < 4.78 is 26.6. The van der Waals surface area contributed by atoms with Crippen molar-refractivity contribution >= 4 is 0 Å². The van der Waals surface area contributed by atoms with E-state index >= 15 is 0 Å². The van der Waals surface area contributed by atoms with E-state index in [1.807, 2.05) is 6.92 Å². The van der Waals surface area contributed by atoms with Gasteiger partial charge in [-0.15, -0.1) is 0 Å². The summed E-state index contributed by atoms with van der Waals surface area (Å²) in [5.74, 6) is -2.92. The molecular formula is C12H16F2O. The third kappa shape index (κ3) is 3.27. The van der Waals surface area contributed by atoms with Crippen molar-refractivity contribution in [1.82, 2.24) is 0 Å². The van der Waals surface area contributed by atoms with Gasteiger partial charge >= 0.3 is 0 Å². The predicted octanol–water partition coefficient (Wildman–Crippen LogP) is 3.11. The van der Waals surface area contributed by atoms with E-state index in [-0.39, 0.29) is 5.56 Å². The summed E-state index contributed by atoms with van der Waals surface area (Å²) in [6, 6.07) is 6.34. The first-order chi connectivity index (χ1) is 7.10. The van der Waals surface area contributed by atoms with Crippen LogP contribution in [-0.2, 0) is 12.3 Å². The SMILES string of the molecule is CCCc1ccc(C(F)(F)CCO)cc1. The third-order valence-electron chi connectivity index (χ3n) is 2.34. The van der Waals surface area contributed by atoms with Crippen molar-refractivity contribution in [3.63, 3.8) is 0 Å². The van der Waals surface area contributed by atoms with Crippen LogP contribution in [0.4, 0.5) is 8.78 Å². The van der Waals surface area contributed by atoms with Crippen LogP contribution in [0.25, 0.3) is 0 Å². The molecule has 0 radical (unpaired) electrons. The lowest BCUT2D eigenvalue weighted by Crippen LogP contribution is -2.15. The summed E-state index contributed by atoms with van der Waals surface area (Å²) in [5, 5.41) is 8.52. The summed E-state index contributed by atoms with van der Waals surface area (Å²) in [7, 11) is 0. The van der Waals surface area contributed by atoms with Crippen LogP contribution in [0.2, 0.25) is 0 Å². The number of hydrogen-bond donors (Lipinski definition) is 1. The summed E-state index contributed by atoms with van der Waals surface area (Å²) in [6.45, 7) is 1.55. The second kappa shape index (κ2) is 5.21. The average molecular weight is 214 g/mol. The lowest BCUT2D eigenvalue weighted by molar-refractivity contribution is -0.0269. The molecule has 0 unspecified atom stereocenters. The highest BCUT2D eigenvalue weighted by Crippen LogP contribution is 2.31. The van der Waals surface area contributed by atoms with Gasteiger partial charge < -0.3 is 5.11 Å². The second-order valence-electron chi connectivity index (χ2n) is 3.62. The molecular weight excluding hydrogens is 198 g/mol. The molecule has 0 heterocycles. The predicted molar refractivity (Wildman–Crippen MR) is 56.0 cm³/mol. The number of aryl methyl sites for hydroxylation is 1. The zero-order valence-corrected chi connectivity index (χ0v) is 8.84. The van der Waals surface area contributed by atoms with Crippen LogP contribution in [0.3, 0.4) is 0 Å². The zero-order valence-electron chi connectivity index (χ0n) is 8.84. The number of hydrogen-bond acceptors (Lipinski definition) is 1. The number of aliphatic hydroxyl groups excluding tert-OH is 1. The Morgan fingerprint density at radius 2 is 1.80 bits per heavy atom. The van der Waals surface area contributed by atoms with E-state index in [0.29, 0.717) is 0 Å². The molecule has 1 N–H and O–H groups in total. The van der Waals surface area contributed by atoms with Crippen molar-refractivity contribution in [1.29, 1.82) is 0 Å². The van der Waals surface area contributed by atoms with Crippen molar-refractivity contribution in [2.24, 2.45) is 0 Å². The maximum absolute atomic E-state index is 13.3. The molecule has 0 amide bonds. The highest BCUT2D eigenvalue weighted by atomic mass is 19.3. The minimum Gasteiger partial charge on any atom is -0.396 e. The molecule has 0 saturated heterocycles. The van der Waals surface area contributed by atoms with E-state index in [1.165, 1.54) is 12.1 Å². The van der Waals surface area contributed by atoms with Gasteiger partial charge in [0.25, 0.3) is 5.92 Å². The fraction of sp³-hybridized carbons (Fsp3) is 0.500. The van der Waals surface area contributed by atoms with Gasteiger partial charge in [0.05, 0.1) is 0 Å². The first-order valence-corrected chi connectivity index (χ1v) is 5.18. The Hall–Kier alpha value is -0.960. The molecule has 1 aromatic carbocycles. The average Bonchev–Trinajstić information content (AvgIpc) is 2.19. The lowest BCUT2D eigenvalue weighted by atomic mass is 10.0. The molecule has 84 valence electrons. The molecule has 1 nitrogen and oxygen atoms in total. The minimum absolute atomic E-state index is 0.0172. The van der Waals surface area contributed by atoms with Crippen LogP contribution >= 0.6 is 0 Å². The summed E-state index contributed by atoms with van der Waals surface area (Å²) >= 11 is 0. The van der Waals surface area contributed by atoms with Gasteiger partial charge in [0.15, 0.2) is 0 Å². The van der Waals surface area contributed by atoms with Gasteiger partial charge in [-0.2, -0.15) is 0 Å². The standard InChI is InChI=1S/C12H16F2O/c1-2-3-10-4-6-11(7-5-10)12(13,14)8-9-15/h4-7,15H,2-3,8-9H2,1H3. The quantitative estimate of drug-likeness (QED) is 0.798. The maximum atomic E-state index is 13.3. The van der Waals surface area contributed by atoms with Crippen LogP contribution in [0.15, 0.2) is 24.3 Å². The molecule has 0 aromatic heterocycles. The molecule has 0 bridgehead atoms. The number of aliphatic hydroxyl groups is 1. The summed E-state index contributed by atoms with van der Waals surface area (Å²) in [6.07, 6.45) is 1.40. The van der Waals surface area contributed by atoms with Gasteiger partial charge in [0.2, 0.25) is 0 Å². The Morgan fingerprint density at radius 3 is 2.27 bits per heavy atom. The van der Waals surface area contributed by atoms with E-state index in [1.54, 1.807) is 12.1 Å². The summed E-state index contributed by atoms with van der Waals surface area (Å²) in [4.78, 5) is 0. The van der Waals surface area contributed by atoms with Gasteiger partial charge in [-0.25, -0.2) is 8.78 Å². The van der Waals surface area contributed by atoms with Gasteiger partial charge in [-0.3, -0.25) is 0 Å². The minimum atomic E-state index is -2.92. The Bertz CT molecular complexity index is 293. The Labute approximate surface area is 88.7 Å².